The minimum Gasteiger partial charge on any atom is -0.748 e. The molecule has 3 aromatic carbocycles. The molecule has 0 radical (unpaired) electrons. The predicted molar refractivity (Wildman–Crippen MR) is 219 cm³/mol. The van der Waals surface area contributed by atoms with Gasteiger partial charge in [0.15, 0.2) is 12.4 Å². The summed E-state index contributed by atoms with van der Waals surface area (Å²) in [7, 11) is -0.949. The van der Waals surface area contributed by atoms with Gasteiger partial charge in [-0.25, -0.2) is 18.2 Å². The number of esters is 1. The minimum absolute atomic E-state index is 0.109. The van der Waals surface area contributed by atoms with E-state index in [0.29, 0.717) is 92.4 Å². The van der Waals surface area contributed by atoms with Crippen LogP contribution in [-0.4, -0.2) is 97.7 Å². The van der Waals surface area contributed by atoms with Crippen molar-refractivity contribution in [2.45, 2.75) is 46.1 Å². The Balaban J connectivity index is 0.969. The van der Waals surface area contributed by atoms with Crippen molar-refractivity contribution in [3.8, 4) is 5.75 Å². The van der Waals surface area contributed by atoms with E-state index in [-0.39, 0.29) is 56.9 Å². The molecule has 3 amide bonds. The van der Waals surface area contributed by atoms with Gasteiger partial charge in [-0.1, -0.05) is 30.8 Å². The van der Waals surface area contributed by atoms with E-state index in [1.807, 2.05) is 28.8 Å². The molecule has 6 rings (SSSR count). The molecule has 17 heteroatoms. The lowest BCUT2D eigenvalue weighted by Gasteiger charge is -2.32. The molecule has 2 aromatic heterocycles. The Bertz CT molecular complexity index is 2490. The first-order chi connectivity index (χ1) is 28.1. The van der Waals surface area contributed by atoms with E-state index in [2.05, 4.69) is 27.2 Å². The lowest BCUT2D eigenvalue weighted by Crippen LogP contribution is -2.40. The highest BCUT2D eigenvalue weighted by Crippen LogP contribution is 2.31. The van der Waals surface area contributed by atoms with Gasteiger partial charge in [0.1, 0.15) is 23.1 Å². The molecule has 0 bridgehead atoms. The molecule has 5 aromatic rings. The predicted octanol–water partition coefficient (Wildman–Crippen LogP) is 3.65. The average Bonchev–Trinajstić information content (AvgIpc) is 3.63. The molecule has 3 heterocycles. The molecular weight excluding hydrogens is 779 g/mol. The summed E-state index contributed by atoms with van der Waals surface area (Å²) in [6.07, 6.45) is 1.41. The Hall–Kier alpha value is -6.17. The van der Waals surface area contributed by atoms with Crippen molar-refractivity contribution >= 4 is 61.4 Å². The summed E-state index contributed by atoms with van der Waals surface area (Å²) >= 11 is 0. The maximum Gasteiger partial charge on any atom is 0.345 e. The fourth-order valence-corrected chi connectivity index (χ4v) is 7.61. The highest BCUT2D eigenvalue weighted by atomic mass is 32.2. The molecule has 0 saturated heterocycles. The van der Waals surface area contributed by atoms with Crippen LogP contribution in [0.15, 0.2) is 73.1 Å². The largest absolute Gasteiger partial charge is 0.748 e. The quantitative estimate of drug-likeness (QED) is 0.0308. The topological polar surface area (TPSA) is 207 Å². The van der Waals surface area contributed by atoms with Crippen LogP contribution < -0.4 is 24.8 Å². The molecule has 0 saturated carbocycles. The standard InChI is InChI=1S/C42H47N7O9S/c1-26-24-29(40(51)44-19-22-57-21-18-43-35(50)17-10-16-34-45-37-39(46-34)47(4)28(3)48(5)41(37)52)25-27(2)38(26)58-42(53)36-30-12-6-8-14-32(30)49(20-11-23-59(54,55)56)33-15-9-7-13-31(33)36/h6-9,12-15,24-25H,3,10-11,16-23H2,1-2,4-5H3,(H3-,43,44,45,46,50,51,52,54,55,56). The smallest absolute Gasteiger partial charge is 0.345 e. The fourth-order valence-electron chi connectivity index (χ4n) is 7.12. The summed E-state index contributed by atoms with van der Waals surface area (Å²) < 4.78 is 47.4. The summed E-state index contributed by atoms with van der Waals surface area (Å²) in [6.45, 7) is 8.69. The number of benzene rings is 3. The molecule has 310 valence electrons. The van der Waals surface area contributed by atoms with E-state index >= 15 is 0 Å². The SMILES string of the molecule is C=C1N(C)C(=O)c2[nH]c(CCCC(=O)NCCOCCNC(=O)c3cc(C)c(OC(=O)c4c5ccccc5[n+](CCCS(=O)(=O)[O-])c5ccccc45)c(C)c3)nc2N1C. The number of nitrogens with one attached hydrogen (secondary N) is 3. The first kappa shape index (κ1) is 42.4. The molecular formula is C42H47N7O9S. The third kappa shape index (κ3) is 9.76. The Kier molecular flexibility index (Phi) is 13.1. The summed E-state index contributed by atoms with van der Waals surface area (Å²) in [5, 5.41) is 6.85. The van der Waals surface area contributed by atoms with Gasteiger partial charge in [-0.3, -0.25) is 19.3 Å². The highest BCUT2D eigenvalue weighted by molar-refractivity contribution is 7.85. The lowest BCUT2D eigenvalue weighted by atomic mass is 10.0. The summed E-state index contributed by atoms with van der Waals surface area (Å²) in [6, 6.07) is 17.8. The number of hydrogen-bond donors (Lipinski definition) is 3. The van der Waals surface area contributed by atoms with E-state index in [1.165, 1.54) is 4.90 Å². The zero-order valence-corrected chi connectivity index (χ0v) is 34.2. The van der Waals surface area contributed by atoms with Gasteiger partial charge >= 0.3 is 5.97 Å². The Morgan fingerprint density at radius 3 is 2.15 bits per heavy atom. The van der Waals surface area contributed by atoms with E-state index in [9.17, 15) is 32.1 Å². The summed E-state index contributed by atoms with van der Waals surface area (Å²) in [5.74, 6) is 0.222. The van der Waals surface area contributed by atoms with Gasteiger partial charge in [0.25, 0.3) is 11.8 Å². The number of H-pyrrole nitrogens is 1. The van der Waals surface area contributed by atoms with Crippen molar-refractivity contribution in [2.75, 3.05) is 51.1 Å². The number of nitrogens with zero attached hydrogens (tertiary/aromatic N) is 4. The first-order valence-electron chi connectivity index (χ1n) is 19.2. The number of ether oxygens (including phenoxy) is 2. The number of anilines is 1. The van der Waals surface area contributed by atoms with Crippen molar-refractivity contribution in [3.63, 3.8) is 0 Å². The van der Waals surface area contributed by atoms with Gasteiger partial charge in [0.2, 0.25) is 16.9 Å². The first-order valence-corrected chi connectivity index (χ1v) is 20.7. The van der Waals surface area contributed by atoms with E-state index in [1.54, 1.807) is 69.2 Å². The number of carbonyl (C=O) groups excluding carboxylic acids is 4. The maximum absolute atomic E-state index is 14.0. The average molecular weight is 826 g/mol. The van der Waals surface area contributed by atoms with Crippen LogP contribution in [-0.2, 0) is 32.6 Å². The number of imidazole rings is 1. The maximum atomic E-state index is 14.0. The van der Waals surface area contributed by atoms with Crippen LogP contribution in [0.25, 0.3) is 21.8 Å². The molecule has 3 N–H and O–H groups in total. The second-order valence-electron chi connectivity index (χ2n) is 14.3. The number of amides is 3. The van der Waals surface area contributed by atoms with Crippen LogP contribution in [0.1, 0.15) is 67.4 Å². The lowest BCUT2D eigenvalue weighted by molar-refractivity contribution is -0.645. The van der Waals surface area contributed by atoms with Gasteiger partial charge in [0, 0.05) is 69.9 Å². The molecule has 0 spiro atoms. The van der Waals surface area contributed by atoms with Crippen molar-refractivity contribution < 1.29 is 46.2 Å². The van der Waals surface area contributed by atoms with Gasteiger partial charge in [-0.05, 0) is 55.7 Å². The second kappa shape index (κ2) is 18.2. The number of hydrogen-bond acceptors (Lipinski definition) is 11. The number of aryl methyl sites for hydroxylation is 4. The third-order valence-electron chi connectivity index (χ3n) is 10.1. The molecule has 1 aliphatic rings. The molecule has 0 fully saturated rings. The number of pyridine rings is 1. The van der Waals surface area contributed by atoms with Crippen LogP contribution in [0.4, 0.5) is 5.82 Å². The summed E-state index contributed by atoms with van der Waals surface area (Å²) in [5.41, 5.74) is 3.65. The molecule has 0 unspecified atom stereocenters. The van der Waals surface area contributed by atoms with Gasteiger partial charge in [-0.15, -0.1) is 0 Å². The molecule has 59 heavy (non-hydrogen) atoms. The fraction of sp³-hybridized carbons (Fsp3) is 0.333. The number of fused-ring (bicyclic) bond motifs is 3. The summed E-state index contributed by atoms with van der Waals surface area (Å²) in [4.78, 5) is 62.7. The molecule has 0 atom stereocenters. The van der Waals surface area contributed by atoms with Crippen molar-refractivity contribution in [2.24, 2.45) is 0 Å². The van der Waals surface area contributed by atoms with Crippen LogP contribution in [0.5, 0.6) is 5.75 Å². The van der Waals surface area contributed by atoms with Crippen LogP contribution in [0, 0.1) is 13.8 Å². The van der Waals surface area contributed by atoms with Crippen molar-refractivity contribution in [1.29, 1.82) is 0 Å². The third-order valence-corrected chi connectivity index (χ3v) is 10.9. The second-order valence-corrected chi connectivity index (χ2v) is 15.8. The van der Waals surface area contributed by atoms with Gasteiger partial charge in [-0.2, -0.15) is 4.57 Å². The zero-order chi connectivity index (χ0) is 42.4. The van der Waals surface area contributed by atoms with Gasteiger partial charge in [0.05, 0.1) is 39.7 Å². The highest BCUT2D eigenvalue weighted by Gasteiger charge is 2.32. The van der Waals surface area contributed by atoms with E-state index in [4.69, 9.17) is 9.47 Å². The van der Waals surface area contributed by atoms with Crippen LogP contribution in [0.3, 0.4) is 0 Å². The number of para-hydroxylation sites is 2. The zero-order valence-electron chi connectivity index (χ0n) is 33.4. The van der Waals surface area contributed by atoms with Crippen LogP contribution in [0.2, 0.25) is 0 Å². The minimum atomic E-state index is -4.39. The Morgan fingerprint density at radius 2 is 1.53 bits per heavy atom. The van der Waals surface area contributed by atoms with E-state index < -0.39 is 21.8 Å². The monoisotopic (exact) mass is 825 g/mol. The Morgan fingerprint density at radius 1 is 0.915 bits per heavy atom. The van der Waals surface area contributed by atoms with Crippen molar-refractivity contribution in [3.05, 3.63) is 107 Å². The molecule has 0 aliphatic carbocycles. The Labute approximate surface area is 341 Å². The van der Waals surface area contributed by atoms with Crippen molar-refractivity contribution in [1.82, 2.24) is 25.5 Å². The number of aromatic nitrogens is 3. The molecule has 1 aliphatic heterocycles. The number of carbonyl (C=O) groups is 4. The molecule has 16 nitrogen and oxygen atoms in total. The van der Waals surface area contributed by atoms with Crippen LogP contribution >= 0.6 is 0 Å². The van der Waals surface area contributed by atoms with Gasteiger partial charge < -0.3 is 34.5 Å². The normalized spacial score (nSPS) is 12.9. The van der Waals surface area contributed by atoms with E-state index in [0.717, 1.165) is 0 Å². The number of rotatable bonds is 17. The number of aromatic amines is 1.